The van der Waals surface area contributed by atoms with E-state index < -0.39 is 0 Å². The molecular formula is C15H15NO2. The predicted octanol–water partition coefficient (Wildman–Crippen LogP) is 3.46. The van der Waals surface area contributed by atoms with Gasteiger partial charge in [0.05, 0.1) is 12.8 Å². The van der Waals surface area contributed by atoms with Crippen molar-refractivity contribution in [3.8, 4) is 11.5 Å². The first kappa shape index (κ1) is 12.2. The van der Waals surface area contributed by atoms with Crippen LogP contribution in [0.5, 0.6) is 11.5 Å². The van der Waals surface area contributed by atoms with Gasteiger partial charge >= 0.3 is 0 Å². The van der Waals surface area contributed by atoms with E-state index in [1.165, 1.54) is 7.11 Å². The monoisotopic (exact) mass is 241 g/mol. The van der Waals surface area contributed by atoms with Gasteiger partial charge in [-0.05, 0) is 36.8 Å². The zero-order valence-corrected chi connectivity index (χ0v) is 10.4. The molecule has 0 saturated carbocycles. The van der Waals surface area contributed by atoms with Crippen LogP contribution in [-0.2, 0) is 0 Å². The number of aromatic hydroxyl groups is 1. The molecular weight excluding hydrogens is 226 g/mol. The molecule has 0 radical (unpaired) electrons. The molecule has 0 fully saturated rings. The van der Waals surface area contributed by atoms with Crippen molar-refractivity contribution in [2.75, 3.05) is 7.11 Å². The molecule has 3 heteroatoms. The maximum Gasteiger partial charge on any atom is 0.166 e. The van der Waals surface area contributed by atoms with Crippen LogP contribution in [0.1, 0.15) is 11.1 Å². The number of methoxy groups -OCH3 is 1. The summed E-state index contributed by atoms with van der Waals surface area (Å²) in [6, 6.07) is 13.2. The molecule has 0 spiro atoms. The fourth-order valence-electron chi connectivity index (χ4n) is 1.66. The van der Waals surface area contributed by atoms with Crippen molar-refractivity contribution < 1.29 is 9.84 Å². The molecule has 0 aliphatic carbocycles. The maximum atomic E-state index is 9.91. The van der Waals surface area contributed by atoms with Crippen LogP contribution in [0.25, 0.3) is 0 Å². The second-order valence-electron chi connectivity index (χ2n) is 4.00. The van der Waals surface area contributed by atoms with E-state index in [1.54, 1.807) is 18.3 Å². The molecule has 0 heterocycles. The summed E-state index contributed by atoms with van der Waals surface area (Å²) in [5, 5.41) is 9.91. The van der Waals surface area contributed by atoms with Gasteiger partial charge in [-0.25, -0.2) is 0 Å². The molecule has 0 aliphatic rings. The largest absolute Gasteiger partial charge is 0.504 e. The van der Waals surface area contributed by atoms with E-state index in [2.05, 4.69) is 4.99 Å². The normalized spacial score (nSPS) is 10.8. The van der Waals surface area contributed by atoms with Crippen molar-refractivity contribution in [1.29, 1.82) is 0 Å². The van der Waals surface area contributed by atoms with E-state index in [0.717, 1.165) is 11.3 Å². The fourth-order valence-corrected chi connectivity index (χ4v) is 1.66. The highest BCUT2D eigenvalue weighted by Crippen LogP contribution is 2.28. The molecule has 2 rings (SSSR count). The average Bonchev–Trinajstić information content (AvgIpc) is 2.38. The highest BCUT2D eigenvalue weighted by molar-refractivity contribution is 5.86. The van der Waals surface area contributed by atoms with Crippen LogP contribution in [0.2, 0.25) is 0 Å². The van der Waals surface area contributed by atoms with Crippen molar-refractivity contribution in [3.63, 3.8) is 0 Å². The summed E-state index contributed by atoms with van der Waals surface area (Å²) in [5.41, 5.74) is 2.65. The number of hydrogen-bond donors (Lipinski definition) is 1. The van der Waals surface area contributed by atoms with Gasteiger partial charge in [0, 0.05) is 11.8 Å². The van der Waals surface area contributed by atoms with E-state index in [0.29, 0.717) is 11.3 Å². The summed E-state index contributed by atoms with van der Waals surface area (Å²) in [7, 11) is 1.52. The molecule has 1 N–H and O–H groups in total. The van der Waals surface area contributed by atoms with Crippen LogP contribution in [-0.4, -0.2) is 18.4 Å². The number of phenols is 1. The minimum Gasteiger partial charge on any atom is -0.504 e. The fraction of sp³-hybridized carbons (Fsp3) is 0.133. The van der Waals surface area contributed by atoms with Crippen molar-refractivity contribution in [2.45, 2.75) is 6.92 Å². The van der Waals surface area contributed by atoms with Crippen molar-refractivity contribution >= 4 is 11.9 Å². The Morgan fingerprint density at radius 2 is 1.94 bits per heavy atom. The molecule has 18 heavy (non-hydrogen) atoms. The molecule has 0 bridgehead atoms. The first-order valence-electron chi connectivity index (χ1n) is 5.67. The molecule has 3 nitrogen and oxygen atoms in total. The van der Waals surface area contributed by atoms with Gasteiger partial charge in [-0.2, -0.15) is 0 Å². The summed E-state index contributed by atoms with van der Waals surface area (Å²) in [6.07, 6.45) is 1.63. The van der Waals surface area contributed by atoms with E-state index in [1.807, 2.05) is 37.3 Å². The highest BCUT2D eigenvalue weighted by atomic mass is 16.5. The number of aryl methyl sites for hydroxylation is 1. The quantitative estimate of drug-likeness (QED) is 0.836. The van der Waals surface area contributed by atoms with Gasteiger partial charge in [-0.1, -0.05) is 18.2 Å². The third-order valence-corrected chi connectivity index (χ3v) is 2.60. The van der Waals surface area contributed by atoms with Crippen molar-refractivity contribution in [3.05, 3.63) is 53.6 Å². The summed E-state index contributed by atoms with van der Waals surface area (Å²) < 4.78 is 5.05. The molecule has 0 atom stereocenters. The molecule has 0 saturated heterocycles. The predicted molar refractivity (Wildman–Crippen MR) is 73.1 cm³/mol. The van der Waals surface area contributed by atoms with E-state index in [9.17, 15) is 5.11 Å². The Bertz CT molecular complexity index is 576. The smallest absolute Gasteiger partial charge is 0.166 e. The zero-order valence-electron chi connectivity index (χ0n) is 10.4. The van der Waals surface area contributed by atoms with Crippen LogP contribution in [0.15, 0.2) is 47.5 Å². The summed E-state index contributed by atoms with van der Waals surface area (Å²) in [5.74, 6) is 0.555. The summed E-state index contributed by atoms with van der Waals surface area (Å²) in [4.78, 5) is 4.33. The minimum atomic E-state index is 0.108. The lowest BCUT2D eigenvalue weighted by Crippen LogP contribution is -1.88. The molecule has 0 unspecified atom stereocenters. The van der Waals surface area contributed by atoms with Crippen molar-refractivity contribution in [2.24, 2.45) is 4.99 Å². The minimum absolute atomic E-state index is 0.108. The third-order valence-electron chi connectivity index (χ3n) is 2.60. The second-order valence-corrected chi connectivity index (χ2v) is 4.00. The summed E-state index contributed by atoms with van der Waals surface area (Å²) >= 11 is 0. The first-order valence-corrected chi connectivity index (χ1v) is 5.67. The van der Waals surface area contributed by atoms with Gasteiger partial charge in [0.25, 0.3) is 0 Å². The average molecular weight is 241 g/mol. The van der Waals surface area contributed by atoms with Gasteiger partial charge in [0.1, 0.15) is 0 Å². The van der Waals surface area contributed by atoms with E-state index in [-0.39, 0.29) is 5.75 Å². The Morgan fingerprint density at radius 1 is 1.17 bits per heavy atom. The molecule has 0 aromatic heterocycles. The molecule has 2 aromatic rings. The Kier molecular flexibility index (Phi) is 3.63. The lowest BCUT2D eigenvalue weighted by atomic mass is 10.2. The van der Waals surface area contributed by atoms with Crippen LogP contribution >= 0.6 is 0 Å². The first-order chi connectivity index (χ1) is 8.70. The highest BCUT2D eigenvalue weighted by Gasteiger charge is 2.04. The van der Waals surface area contributed by atoms with Crippen LogP contribution in [0, 0.1) is 6.92 Å². The molecule has 0 amide bonds. The Hall–Kier alpha value is -2.29. The van der Waals surface area contributed by atoms with Crippen LogP contribution < -0.4 is 4.74 Å². The number of hydrogen-bond acceptors (Lipinski definition) is 3. The number of nitrogens with zero attached hydrogens (tertiary/aromatic N) is 1. The Morgan fingerprint density at radius 3 is 2.67 bits per heavy atom. The van der Waals surface area contributed by atoms with Crippen LogP contribution in [0.3, 0.4) is 0 Å². The molecule has 92 valence electrons. The maximum absolute atomic E-state index is 9.91. The van der Waals surface area contributed by atoms with Gasteiger partial charge in [-0.15, -0.1) is 0 Å². The second kappa shape index (κ2) is 5.36. The summed E-state index contributed by atoms with van der Waals surface area (Å²) in [6.45, 7) is 2.02. The van der Waals surface area contributed by atoms with E-state index >= 15 is 0 Å². The number of rotatable bonds is 3. The third kappa shape index (κ3) is 2.69. The van der Waals surface area contributed by atoms with Gasteiger partial charge in [0.15, 0.2) is 11.5 Å². The van der Waals surface area contributed by atoms with Gasteiger partial charge < -0.3 is 9.84 Å². The Balaban J connectivity index is 2.29. The lowest BCUT2D eigenvalue weighted by molar-refractivity contribution is 0.373. The number of aliphatic imine (C=N–C) groups is 1. The SMILES string of the molecule is COc1cccc(C=Nc2cccc(C)c2)c1O. The Labute approximate surface area is 106 Å². The van der Waals surface area contributed by atoms with E-state index in [4.69, 9.17) is 4.74 Å². The van der Waals surface area contributed by atoms with Crippen LogP contribution in [0.4, 0.5) is 5.69 Å². The number of ether oxygens (including phenoxy) is 1. The number of para-hydroxylation sites is 1. The molecule has 0 aliphatic heterocycles. The topological polar surface area (TPSA) is 41.8 Å². The van der Waals surface area contributed by atoms with Gasteiger partial charge in [-0.3, -0.25) is 4.99 Å². The lowest BCUT2D eigenvalue weighted by Gasteiger charge is -2.04. The zero-order chi connectivity index (χ0) is 13.0. The number of phenolic OH excluding ortho intramolecular Hbond substituents is 1. The van der Waals surface area contributed by atoms with Gasteiger partial charge in [0.2, 0.25) is 0 Å². The standard InChI is InChI=1S/C15H15NO2/c1-11-5-3-7-13(9-11)16-10-12-6-4-8-14(18-2)15(12)17/h3-10,17H,1-2H3. The number of benzene rings is 2. The molecule has 2 aromatic carbocycles. The van der Waals surface area contributed by atoms with Crippen molar-refractivity contribution in [1.82, 2.24) is 0 Å².